The van der Waals surface area contributed by atoms with E-state index in [0.717, 1.165) is 19.3 Å². The van der Waals surface area contributed by atoms with E-state index in [4.69, 9.17) is 5.73 Å². The molecule has 6 heteroatoms. The molecule has 2 amide bonds. The number of rotatable bonds is 16. The molecule has 0 bridgehead atoms. The van der Waals surface area contributed by atoms with Crippen LogP contribution in [0.15, 0.2) is 0 Å². The van der Waals surface area contributed by atoms with E-state index in [0.29, 0.717) is 6.42 Å². The van der Waals surface area contributed by atoms with Gasteiger partial charge in [-0.05, 0) is 6.42 Å². The van der Waals surface area contributed by atoms with Gasteiger partial charge in [-0.2, -0.15) is 5.48 Å². The maximum atomic E-state index is 11.2. The van der Waals surface area contributed by atoms with E-state index in [1.807, 2.05) is 5.48 Å². The summed E-state index contributed by atoms with van der Waals surface area (Å²) in [5.74, 6) is -0.427. The molecule has 0 saturated carbocycles. The van der Waals surface area contributed by atoms with Crippen LogP contribution in [0.5, 0.6) is 0 Å². The standard InChI is InChI=1S/C19H38N2O3.Na.H/c1-2-3-4-5-6-7-8-9-10-11-12-13-14-15-16-17-18(22)24-21-19(20)23;;/h2-17H2,1H3,(H3,20,21,23);;. The van der Waals surface area contributed by atoms with Gasteiger partial charge in [0, 0.05) is 6.42 Å². The number of nitrogens with one attached hydrogen (secondary N) is 1. The molecule has 0 aromatic rings. The maximum absolute atomic E-state index is 11.2. The molecule has 0 aliphatic carbocycles. The van der Waals surface area contributed by atoms with Crippen molar-refractivity contribution in [1.82, 2.24) is 5.48 Å². The first-order valence-corrected chi connectivity index (χ1v) is 9.92. The average Bonchev–Trinajstić information content (AvgIpc) is 2.56. The predicted molar refractivity (Wildman–Crippen MR) is 106 cm³/mol. The van der Waals surface area contributed by atoms with Gasteiger partial charge in [0.15, 0.2) is 0 Å². The summed E-state index contributed by atoms with van der Waals surface area (Å²) in [5.41, 5.74) is 6.64. The molecule has 0 radical (unpaired) electrons. The average molecular weight is 367 g/mol. The van der Waals surface area contributed by atoms with Gasteiger partial charge in [-0.15, -0.1) is 0 Å². The minimum atomic E-state index is -0.847. The molecule has 0 aromatic heterocycles. The van der Waals surface area contributed by atoms with Gasteiger partial charge < -0.3 is 10.6 Å². The van der Waals surface area contributed by atoms with Crippen LogP contribution in [-0.4, -0.2) is 41.6 Å². The second-order valence-electron chi connectivity index (χ2n) is 6.64. The van der Waals surface area contributed by atoms with E-state index >= 15 is 0 Å². The molecular formula is C19H39N2NaO3. The van der Waals surface area contributed by atoms with Gasteiger partial charge in [0.05, 0.1) is 0 Å². The second-order valence-corrected chi connectivity index (χ2v) is 6.64. The Morgan fingerprint density at radius 2 is 1.08 bits per heavy atom. The third-order valence-corrected chi connectivity index (χ3v) is 4.25. The molecule has 144 valence electrons. The monoisotopic (exact) mass is 366 g/mol. The summed E-state index contributed by atoms with van der Waals surface area (Å²) in [5, 5.41) is 0. The molecule has 0 heterocycles. The van der Waals surface area contributed by atoms with Crippen molar-refractivity contribution in [3.05, 3.63) is 0 Å². The number of amides is 2. The van der Waals surface area contributed by atoms with Crippen LogP contribution >= 0.6 is 0 Å². The van der Waals surface area contributed by atoms with Gasteiger partial charge in [-0.25, -0.2) is 9.59 Å². The van der Waals surface area contributed by atoms with Crippen molar-refractivity contribution in [3.63, 3.8) is 0 Å². The zero-order chi connectivity index (χ0) is 17.9. The third kappa shape index (κ3) is 23.7. The van der Waals surface area contributed by atoms with Crippen LogP contribution in [0, 0.1) is 0 Å². The number of carbonyl (C=O) groups is 2. The quantitative estimate of drug-likeness (QED) is 0.235. The van der Waals surface area contributed by atoms with Crippen molar-refractivity contribution in [2.45, 2.75) is 110 Å². The number of hydrogen-bond donors (Lipinski definition) is 2. The van der Waals surface area contributed by atoms with Gasteiger partial charge in [0.1, 0.15) is 0 Å². The number of urea groups is 1. The fourth-order valence-electron chi connectivity index (χ4n) is 2.80. The Labute approximate surface area is 176 Å². The van der Waals surface area contributed by atoms with E-state index in [2.05, 4.69) is 11.8 Å². The fourth-order valence-corrected chi connectivity index (χ4v) is 2.80. The first-order valence-electron chi connectivity index (χ1n) is 9.92. The summed E-state index contributed by atoms with van der Waals surface area (Å²) in [6, 6.07) is -0.847. The van der Waals surface area contributed by atoms with Crippen LogP contribution in [0.2, 0.25) is 0 Å². The molecule has 0 unspecified atom stereocenters. The second kappa shape index (κ2) is 21.8. The summed E-state index contributed by atoms with van der Waals surface area (Å²) >= 11 is 0. The SMILES string of the molecule is CCCCCCCCCCCCCCCCCC(=O)ONC(N)=O.[NaH]. The van der Waals surface area contributed by atoms with Gasteiger partial charge >= 0.3 is 41.6 Å². The molecule has 0 saturated heterocycles. The Kier molecular flexibility index (Phi) is 23.5. The van der Waals surface area contributed by atoms with Crippen molar-refractivity contribution in [2.24, 2.45) is 5.73 Å². The Morgan fingerprint density at radius 3 is 1.44 bits per heavy atom. The van der Waals surface area contributed by atoms with Crippen molar-refractivity contribution >= 4 is 41.6 Å². The van der Waals surface area contributed by atoms with E-state index in [1.165, 1.54) is 77.0 Å². The molecule has 0 fully saturated rings. The number of primary amides is 1. The zero-order valence-corrected chi connectivity index (χ0v) is 15.6. The molecular weight excluding hydrogens is 327 g/mol. The Hall–Kier alpha value is -0.260. The summed E-state index contributed by atoms with van der Waals surface area (Å²) in [6.45, 7) is 2.26. The van der Waals surface area contributed by atoms with Crippen molar-refractivity contribution in [3.8, 4) is 0 Å². The molecule has 0 spiro atoms. The van der Waals surface area contributed by atoms with E-state index < -0.39 is 12.0 Å². The van der Waals surface area contributed by atoms with Crippen LogP contribution < -0.4 is 11.2 Å². The summed E-state index contributed by atoms with van der Waals surface area (Å²) in [7, 11) is 0. The van der Waals surface area contributed by atoms with Gasteiger partial charge in [0.2, 0.25) is 0 Å². The molecule has 0 aliphatic rings. The van der Waals surface area contributed by atoms with Gasteiger partial charge in [-0.3, -0.25) is 0 Å². The zero-order valence-electron chi connectivity index (χ0n) is 15.6. The van der Waals surface area contributed by atoms with Crippen LogP contribution in [0.3, 0.4) is 0 Å². The first kappa shape index (κ1) is 27.0. The van der Waals surface area contributed by atoms with Gasteiger partial charge in [0.25, 0.3) is 0 Å². The summed E-state index contributed by atoms with van der Waals surface area (Å²) < 4.78 is 0. The predicted octanol–water partition coefficient (Wildman–Crippen LogP) is 4.73. The summed E-state index contributed by atoms with van der Waals surface area (Å²) in [6.07, 6.45) is 19.7. The van der Waals surface area contributed by atoms with Crippen molar-refractivity contribution in [1.29, 1.82) is 0 Å². The molecule has 5 nitrogen and oxygen atoms in total. The molecule has 0 atom stereocenters. The van der Waals surface area contributed by atoms with E-state index in [9.17, 15) is 9.59 Å². The number of nitrogens with two attached hydrogens (primary N) is 1. The number of hydrogen-bond acceptors (Lipinski definition) is 3. The number of carbonyl (C=O) groups excluding carboxylic acids is 2. The molecule has 0 rings (SSSR count). The van der Waals surface area contributed by atoms with Gasteiger partial charge in [-0.1, -0.05) is 96.8 Å². The molecule has 25 heavy (non-hydrogen) atoms. The van der Waals surface area contributed by atoms with E-state index in [-0.39, 0.29) is 29.6 Å². The number of unbranched alkanes of at least 4 members (excludes halogenated alkanes) is 14. The van der Waals surface area contributed by atoms with Crippen molar-refractivity contribution in [2.75, 3.05) is 0 Å². The number of hydroxylamine groups is 1. The van der Waals surface area contributed by atoms with Crippen LogP contribution in [-0.2, 0) is 9.63 Å². The van der Waals surface area contributed by atoms with Crippen LogP contribution in [0.4, 0.5) is 4.79 Å². The summed E-state index contributed by atoms with van der Waals surface area (Å²) in [4.78, 5) is 26.0. The topological polar surface area (TPSA) is 81.4 Å². The molecule has 3 N–H and O–H groups in total. The van der Waals surface area contributed by atoms with Crippen LogP contribution in [0.1, 0.15) is 110 Å². The molecule has 0 aliphatic heterocycles. The van der Waals surface area contributed by atoms with E-state index in [1.54, 1.807) is 0 Å². The Bertz CT molecular complexity index is 315. The normalized spacial score (nSPS) is 10.1. The van der Waals surface area contributed by atoms with Crippen LogP contribution in [0.25, 0.3) is 0 Å². The fraction of sp³-hybridized carbons (Fsp3) is 0.895. The molecule has 0 aromatic carbocycles. The van der Waals surface area contributed by atoms with Crippen molar-refractivity contribution < 1.29 is 14.4 Å². The first-order chi connectivity index (χ1) is 11.7. The minimum absolute atomic E-state index is 0. The third-order valence-electron chi connectivity index (χ3n) is 4.25. The Morgan fingerprint density at radius 1 is 0.720 bits per heavy atom. The Balaban J connectivity index is 0.